The summed E-state index contributed by atoms with van der Waals surface area (Å²) in [4.78, 5) is 0. The second kappa shape index (κ2) is 5.89. The van der Waals surface area contributed by atoms with Crippen molar-refractivity contribution in [2.45, 2.75) is 77.4 Å². The van der Waals surface area contributed by atoms with Crippen LogP contribution in [0.4, 0.5) is 0 Å². The number of nitrogens with one attached hydrogen (secondary N) is 1. The van der Waals surface area contributed by atoms with Gasteiger partial charge < -0.3 is 16.8 Å². The van der Waals surface area contributed by atoms with Crippen LogP contribution in [0.2, 0.25) is 0 Å². The van der Waals surface area contributed by atoms with Gasteiger partial charge in [0.05, 0.1) is 0 Å². The van der Waals surface area contributed by atoms with Gasteiger partial charge >= 0.3 is 0 Å². The largest absolute Gasteiger partial charge is 0.330 e. The van der Waals surface area contributed by atoms with Crippen LogP contribution < -0.4 is 16.8 Å². The first-order valence-electron chi connectivity index (χ1n) is 7.40. The van der Waals surface area contributed by atoms with Crippen LogP contribution in [-0.4, -0.2) is 23.7 Å². The zero-order valence-electron chi connectivity index (χ0n) is 12.9. The molecule has 2 atom stereocenters. The lowest BCUT2D eigenvalue weighted by atomic mass is 9.72. The molecule has 0 spiro atoms. The SMILES string of the molecule is CC(CN)CCC(N)C1CC(C)(C)NC(C)(C)C1. The van der Waals surface area contributed by atoms with E-state index >= 15 is 0 Å². The van der Waals surface area contributed by atoms with Crippen molar-refractivity contribution in [1.29, 1.82) is 0 Å². The second-order valence-corrected chi connectivity index (χ2v) is 7.64. The van der Waals surface area contributed by atoms with E-state index in [-0.39, 0.29) is 11.1 Å². The van der Waals surface area contributed by atoms with Crippen LogP contribution in [0.1, 0.15) is 60.3 Å². The summed E-state index contributed by atoms with van der Waals surface area (Å²) < 4.78 is 0. The smallest absolute Gasteiger partial charge is 0.0133 e. The molecule has 18 heavy (non-hydrogen) atoms. The van der Waals surface area contributed by atoms with E-state index < -0.39 is 0 Å². The Morgan fingerprint density at radius 3 is 2.06 bits per heavy atom. The average Bonchev–Trinajstić information content (AvgIpc) is 2.20. The zero-order valence-corrected chi connectivity index (χ0v) is 12.9. The summed E-state index contributed by atoms with van der Waals surface area (Å²) in [5.41, 5.74) is 12.5. The third-order valence-corrected chi connectivity index (χ3v) is 4.22. The third kappa shape index (κ3) is 4.87. The Morgan fingerprint density at radius 1 is 1.11 bits per heavy atom. The van der Waals surface area contributed by atoms with Gasteiger partial charge in [-0.3, -0.25) is 0 Å². The van der Waals surface area contributed by atoms with Crippen molar-refractivity contribution in [2.75, 3.05) is 6.54 Å². The van der Waals surface area contributed by atoms with Crippen molar-refractivity contribution in [3.63, 3.8) is 0 Å². The van der Waals surface area contributed by atoms with Crippen LogP contribution in [-0.2, 0) is 0 Å². The molecular formula is C15H33N3. The standard InChI is InChI=1S/C15H33N3/c1-11(10-16)6-7-13(17)12-8-14(2,3)18-15(4,5)9-12/h11-13,18H,6-10,16-17H2,1-5H3. The lowest BCUT2D eigenvalue weighted by Crippen LogP contribution is -2.60. The molecule has 0 aromatic rings. The van der Waals surface area contributed by atoms with E-state index in [4.69, 9.17) is 11.5 Å². The van der Waals surface area contributed by atoms with Crippen molar-refractivity contribution in [2.24, 2.45) is 23.3 Å². The lowest BCUT2D eigenvalue weighted by Gasteiger charge is -2.48. The molecule has 0 radical (unpaired) electrons. The topological polar surface area (TPSA) is 64.1 Å². The van der Waals surface area contributed by atoms with Gasteiger partial charge in [0.25, 0.3) is 0 Å². The van der Waals surface area contributed by atoms with E-state index in [1.54, 1.807) is 0 Å². The number of hydrogen-bond acceptors (Lipinski definition) is 3. The highest BCUT2D eigenvalue weighted by Gasteiger charge is 2.39. The van der Waals surface area contributed by atoms with Gasteiger partial charge in [-0.1, -0.05) is 6.92 Å². The maximum Gasteiger partial charge on any atom is 0.0133 e. The van der Waals surface area contributed by atoms with Crippen LogP contribution in [0.3, 0.4) is 0 Å². The Morgan fingerprint density at radius 2 is 1.61 bits per heavy atom. The molecule has 1 aliphatic rings. The molecule has 0 amide bonds. The first-order chi connectivity index (χ1) is 8.15. The fourth-order valence-corrected chi connectivity index (χ4v) is 3.53. The van der Waals surface area contributed by atoms with Gasteiger partial charge in [0.1, 0.15) is 0 Å². The minimum atomic E-state index is 0.198. The summed E-state index contributed by atoms with van der Waals surface area (Å²) in [5, 5.41) is 3.72. The summed E-state index contributed by atoms with van der Waals surface area (Å²) in [5.74, 6) is 1.22. The summed E-state index contributed by atoms with van der Waals surface area (Å²) in [7, 11) is 0. The summed E-state index contributed by atoms with van der Waals surface area (Å²) in [6, 6.07) is 0.319. The molecule has 2 unspecified atom stereocenters. The van der Waals surface area contributed by atoms with Crippen molar-refractivity contribution >= 4 is 0 Å². The molecule has 0 aliphatic carbocycles. The summed E-state index contributed by atoms with van der Waals surface area (Å²) in [6.45, 7) is 12.1. The second-order valence-electron chi connectivity index (χ2n) is 7.64. The van der Waals surface area contributed by atoms with E-state index in [9.17, 15) is 0 Å². The van der Waals surface area contributed by atoms with Gasteiger partial charge in [0.2, 0.25) is 0 Å². The van der Waals surface area contributed by atoms with Crippen molar-refractivity contribution in [3.05, 3.63) is 0 Å². The fourth-order valence-electron chi connectivity index (χ4n) is 3.53. The van der Waals surface area contributed by atoms with Gasteiger partial charge in [-0.25, -0.2) is 0 Å². The first-order valence-corrected chi connectivity index (χ1v) is 7.40. The van der Waals surface area contributed by atoms with Gasteiger partial charge in [0.15, 0.2) is 0 Å². The maximum atomic E-state index is 6.43. The predicted octanol–water partition coefficient (Wildman–Crippen LogP) is 2.25. The quantitative estimate of drug-likeness (QED) is 0.706. The van der Waals surface area contributed by atoms with E-state index in [1.807, 2.05) is 0 Å². The Kier molecular flexibility index (Phi) is 5.22. The molecule has 1 heterocycles. The molecule has 0 saturated carbocycles. The monoisotopic (exact) mass is 255 g/mol. The predicted molar refractivity (Wildman–Crippen MR) is 79.4 cm³/mol. The zero-order chi connectivity index (χ0) is 14.0. The van der Waals surface area contributed by atoms with Gasteiger partial charge in [0, 0.05) is 17.1 Å². The Bertz CT molecular complexity index is 244. The Hall–Kier alpha value is -0.120. The van der Waals surface area contributed by atoms with Crippen LogP contribution in [0.25, 0.3) is 0 Å². The van der Waals surface area contributed by atoms with E-state index in [0.29, 0.717) is 17.9 Å². The molecule has 0 bridgehead atoms. The molecular weight excluding hydrogens is 222 g/mol. The summed E-state index contributed by atoms with van der Waals surface area (Å²) in [6.07, 6.45) is 4.61. The molecule has 0 aromatic heterocycles. The average molecular weight is 255 g/mol. The summed E-state index contributed by atoms with van der Waals surface area (Å²) >= 11 is 0. The first kappa shape index (κ1) is 15.9. The Labute approximate surface area is 113 Å². The van der Waals surface area contributed by atoms with E-state index in [0.717, 1.165) is 19.4 Å². The number of rotatable bonds is 5. The molecule has 1 saturated heterocycles. The van der Waals surface area contributed by atoms with Crippen LogP contribution in [0.15, 0.2) is 0 Å². The molecule has 1 rings (SSSR count). The van der Waals surface area contributed by atoms with Crippen molar-refractivity contribution in [1.82, 2.24) is 5.32 Å². The maximum absolute atomic E-state index is 6.43. The fraction of sp³-hybridized carbons (Fsp3) is 1.00. The van der Waals surface area contributed by atoms with Crippen LogP contribution in [0, 0.1) is 11.8 Å². The van der Waals surface area contributed by atoms with E-state index in [1.165, 1.54) is 12.8 Å². The highest BCUT2D eigenvalue weighted by atomic mass is 15.1. The Balaban J connectivity index is 2.54. The number of hydrogen-bond donors (Lipinski definition) is 3. The van der Waals surface area contributed by atoms with Crippen molar-refractivity contribution in [3.8, 4) is 0 Å². The molecule has 3 nitrogen and oxygen atoms in total. The number of nitrogens with two attached hydrogens (primary N) is 2. The highest BCUT2D eigenvalue weighted by Crippen LogP contribution is 2.35. The minimum absolute atomic E-state index is 0.198. The lowest BCUT2D eigenvalue weighted by molar-refractivity contribution is 0.110. The number of piperidine rings is 1. The van der Waals surface area contributed by atoms with Gasteiger partial charge in [-0.05, 0) is 71.8 Å². The van der Waals surface area contributed by atoms with Crippen LogP contribution in [0.5, 0.6) is 0 Å². The molecule has 1 aliphatic heterocycles. The third-order valence-electron chi connectivity index (χ3n) is 4.22. The van der Waals surface area contributed by atoms with Gasteiger partial charge in [-0.2, -0.15) is 0 Å². The van der Waals surface area contributed by atoms with E-state index in [2.05, 4.69) is 39.9 Å². The highest BCUT2D eigenvalue weighted by molar-refractivity contribution is 4.99. The van der Waals surface area contributed by atoms with Crippen LogP contribution >= 0.6 is 0 Å². The molecule has 0 aromatic carbocycles. The minimum Gasteiger partial charge on any atom is -0.330 e. The molecule has 5 N–H and O–H groups in total. The normalized spacial score (nSPS) is 26.8. The molecule has 1 fully saturated rings. The van der Waals surface area contributed by atoms with Gasteiger partial charge in [-0.15, -0.1) is 0 Å². The molecule has 3 heteroatoms. The van der Waals surface area contributed by atoms with Crippen molar-refractivity contribution < 1.29 is 0 Å². The molecule has 108 valence electrons.